The number of rotatable bonds is 9. The van der Waals surface area contributed by atoms with Crippen molar-refractivity contribution in [3.8, 4) is 0 Å². The van der Waals surface area contributed by atoms with E-state index >= 15 is 0 Å². The molecule has 0 saturated carbocycles. The van der Waals surface area contributed by atoms with E-state index < -0.39 is 12.7 Å². The molecule has 0 radical (unpaired) electrons. The summed E-state index contributed by atoms with van der Waals surface area (Å²) in [7, 11) is 0. The van der Waals surface area contributed by atoms with Crippen LogP contribution in [0.2, 0.25) is 0 Å². The molecule has 0 fully saturated rings. The van der Waals surface area contributed by atoms with Crippen molar-refractivity contribution in [1.29, 1.82) is 0 Å². The number of unbranched alkanes of at least 4 members (excludes halogenated alkanes) is 2. The summed E-state index contributed by atoms with van der Waals surface area (Å²) in [5.41, 5.74) is 0. The van der Waals surface area contributed by atoms with E-state index in [9.17, 15) is 18.0 Å². The first-order chi connectivity index (χ1) is 8.39. The van der Waals surface area contributed by atoms with Crippen molar-refractivity contribution in [2.24, 2.45) is 0 Å². The van der Waals surface area contributed by atoms with E-state index in [0.717, 1.165) is 6.42 Å². The highest BCUT2D eigenvalue weighted by Crippen LogP contribution is 2.16. The zero-order valence-corrected chi connectivity index (χ0v) is 11.1. The van der Waals surface area contributed by atoms with Crippen LogP contribution in [0.3, 0.4) is 0 Å². The fraction of sp³-hybridized carbons (Fsp3) is 0.917. The molecule has 0 amide bonds. The van der Waals surface area contributed by atoms with E-state index in [1.807, 2.05) is 0 Å². The number of ether oxygens (including phenoxy) is 1. The third-order valence-corrected chi connectivity index (χ3v) is 2.51. The van der Waals surface area contributed by atoms with E-state index in [0.29, 0.717) is 39.0 Å². The van der Waals surface area contributed by atoms with Crippen molar-refractivity contribution in [1.82, 2.24) is 4.90 Å². The molecule has 0 aromatic rings. The summed E-state index contributed by atoms with van der Waals surface area (Å²) in [6.45, 7) is 3.77. The van der Waals surface area contributed by atoms with Crippen LogP contribution in [0.15, 0.2) is 0 Å². The number of halogens is 3. The second-order valence-corrected chi connectivity index (χ2v) is 4.10. The van der Waals surface area contributed by atoms with Crippen LogP contribution in [0.1, 0.15) is 39.5 Å². The Morgan fingerprint density at radius 1 is 1.17 bits per heavy atom. The Balaban J connectivity index is 3.60. The van der Waals surface area contributed by atoms with Gasteiger partial charge in [-0.25, -0.2) is 0 Å². The lowest BCUT2D eigenvalue weighted by atomic mass is 10.2. The average molecular weight is 269 g/mol. The molecule has 0 rings (SSSR count). The molecule has 3 nitrogen and oxygen atoms in total. The lowest BCUT2D eigenvalue weighted by Gasteiger charge is -2.21. The van der Waals surface area contributed by atoms with Gasteiger partial charge in [-0.15, -0.1) is 0 Å². The van der Waals surface area contributed by atoms with E-state index in [-0.39, 0.29) is 5.97 Å². The monoisotopic (exact) mass is 269 g/mol. The summed E-state index contributed by atoms with van der Waals surface area (Å²) < 4.78 is 41.2. The largest absolute Gasteiger partial charge is 0.466 e. The van der Waals surface area contributed by atoms with Gasteiger partial charge in [0.15, 0.2) is 0 Å². The van der Waals surface area contributed by atoms with Crippen LogP contribution in [0.5, 0.6) is 0 Å². The Bertz CT molecular complexity index is 232. The summed E-state index contributed by atoms with van der Waals surface area (Å²) in [4.78, 5) is 12.4. The fourth-order valence-electron chi connectivity index (χ4n) is 1.62. The van der Waals surface area contributed by atoms with Crippen LogP contribution in [0.4, 0.5) is 13.2 Å². The third-order valence-electron chi connectivity index (χ3n) is 2.51. The number of esters is 1. The predicted octanol–water partition coefficient (Wildman–Crippen LogP) is 2.99. The Hall–Kier alpha value is -0.780. The lowest BCUT2D eigenvalue weighted by molar-refractivity contribution is -0.145. The van der Waals surface area contributed by atoms with E-state index in [4.69, 9.17) is 4.74 Å². The zero-order chi connectivity index (χ0) is 14.0. The molecule has 0 N–H and O–H groups in total. The first-order valence-corrected chi connectivity index (χ1v) is 6.33. The Kier molecular flexibility index (Phi) is 8.79. The van der Waals surface area contributed by atoms with Gasteiger partial charge in [-0.05, 0) is 32.9 Å². The summed E-state index contributed by atoms with van der Waals surface area (Å²) in [5.74, 6) is -0.236. The van der Waals surface area contributed by atoms with E-state index in [1.165, 1.54) is 4.90 Å². The van der Waals surface area contributed by atoms with Gasteiger partial charge in [0, 0.05) is 6.42 Å². The van der Waals surface area contributed by atoms with E-state index in [1.54, 1.807) is 13.8 Å². The molecule has 6 heteroatoms. The predicted molar refractivity (Wildman–Crippen MR) is 63.3 cm³/mol. The number of alkyl halides is 3. The van der Waals surface area contributed by atoms with Gasteiger partial charge < -0.3 is 4.74 Å². The van der Waals surface area contributed by atoms with Gasteiger partial charge in [-0.1, -0.05) is 13.3 Å². The smallest absolute Gasteiger partial charge is 0.401 e. The van der Waals surface area contributed by atoms with Crippen molar-refractivity contribution >= 4 is 5.97 Å². The highest BCUT2D eigenvalue weighted by atomic mass is 19.4. The average Bonchev–Trinajstić information content (AvgIpc) is 2.25. The maximum Gasteiger partial charge on any atom is 0.401 e. The molecule has 0 aromatic heterocycles. The first-order valence-electron chi connectivity index (χ1n) is 6.33. The number of nitrogens with zero attached hydrogens (tertiary/aromatic N) is 1. The van der Waals surface area contributed by atoms with Crippen molar-refractivity contribution < 1.29 is 22.7 Å². The van der Waals surface area contributed by atoms with Gasteiger partial charge in [0.05, 0.1) is 13.2 Å². The van der Waals surface area contributed by atoms with Crippen molar-refractivity contribution in [2.45, 2.75) is 45.7 Å². The maximum absolute atomic E-state index is 12.2. The minimum absolute atomic E-state index is 0.236. The standard InChI is InChI=1S/C12H22F3NO2/c1-3-16(10-12(13,14)15)9-7-5-6-8-11(17)18-4-2/h3-10H2,1-2H3. The molecular weight excluding hydrogens is 247 g/mol. The molecule has 0 heterocycles. The summed E-state index contributed by atoms with van der Waals surface area (Å²) in [6, 6.07) is 0. The maximum atomic E-state index is 12.2. The molecule has 0 aromatic carbocycles. The Morgan fingerprint density at radius 3 is 2.33 bits per heavy atom. The highest BCUT2D eigenvalue weighted by Gasteiger charge is 2.29. The normalized spacial score (nSPS) is 11.9. The van der Waals surface area contributed by atoms with Crippen LogP contribution in [-0.2, 0) is 9.53 Å². The van der Waals surface area contributed by atoms with Crippen LogP contribution < -0.4 is 0 Å². The van der Waals surface area contributed by atoms with Crippen LogP contribution in [-0.4, -0.2) is 43.3 Å². The van der Waals surface area contributed by atoms with Gasteiger partial charge in [-0.2, -0.15) is 13.2 Å². The quantitative estimate of drug-likeness (QED) is 0.476. The van der Waals surface area contributed by atoms with Gasteiger partial charge in [-0.3, -0.25) is 9.69 Å². The topological polar surface area (TPSA) is 29.5 Å². The molecule has 0 aliphatic heterocycles. The molecule has 18 heavy (non-hydrogen) atoms. The van der Waals surface area contributed by atoms with Gasteiger partial charge in [0.1, 0.15) is 0 Å². The van der Waals surface area contributed by atoms with Crippen LogP contribution >= 0.6 is 0 Å². The molecule has 0 spiro atoms. The van der Waals surface area contributed by atoms with Crippen molar-refractivity contribution in [3.63, 3.8) is 0 Å². The van der Waals surface area contributed by atoms with Gasteiger partial charge >= 0.3 is 12.1 Å². The van der Waals surface area contributed by atoms with Gasteiger partial charge in [0.2, 0.25) is 0 Å². The molecule has 0 saturated heterocycles. The van der Waals surface area contributed by atoms with E-state index in [2.05, 4.69) is 0 Å². The number of hydrogen-bond donors (Lipinski definition) is 0. The molecular formula is C12H22F3NO2. The minimum atomic E-state index is -4.14. The Labute approximate surface area is 106 Å². The van der Waals surface area contributed by atoms with Gasteiger partial charge in [0.25, 0.3) is 0 Å². The lowest BCUT2D eigenvalue weighted by Crippen LogP contribution is -2.34. The molecule has 0 atom stereocenters. The second-order valence-electron chi connectivity index (χ2n) is 4.10. The van der Waals surface area contributed by atoms with Crippen LogP contribution in [0, 0.1) is 0 Å². The second kappa shape index (κ2) is 9.19. The molecule has 0 aliphatic rings. The minimum Gasteiger partial charge on any atom is -0.466 e. The highest BCUT2D eigenvalue weighted by molar-refractivity contribution is 5.69. The third kappa shape index (κ3) is 10.4. The molecule has 0 bridgehead atoms. The van der Waals surface area contributed by atoms with Crippen molar-refractivity contribution in [2.75, 3.05) is 26.2 Å². The number of carbonyl (C=O) groups is 1. The molecule has 108 valence electrons. The fourth-order valence-corrected chi connectivity index (χ4v) is 1.62. The summed E-state index contributed by atoms with van der Waals surface area (Å²) >= 11 is 0. The SMILES string of the molecule is CCOC(=O)CCCCCN(CC)CC(F)(F)F. The summed E-state index contributed by atoms with van der Waals surface area (Å²) in [6.07, 6.45) is -1.71. The number of carbonyl (C=O) groups excluding carboxylic acids is 1. The zero-order valence-electron chi connectivity index (χ0n) is 11.1. The van der Waals surface area contributed by atoms with Crippen molar-refractivity contribution in [3.05, 3.63) is 0 Å². The first kappa shape index (κ1) is 17.2. The molecule has 0 unspecified atom stereocenters. The van der Waals surface area contributed by atoms with Crippen LogP contribution in [0.25, 0.3) is 0 Å². The molecule has 0 aliphatic carbocycles. The number of hydrogen-bond acceptors (Lipinski definition) is 3. The summed E-state index contributed by atoms with van der Waals surface area (Å²) in [5, 5.41) is 0. The Morgan fingerprint density at radius 2 is 1.83 bits per heavy atom.